The normalized spacial score (nSPS) is 16.9. The Morgan fingerprint density at radius 1 is 0.828 bits per heavy atom. The maximum atomic E-state index is 12.4. The van der Waals surface area contributed by atoms with Crippen LogP contribution in [0, 0.1) is 6.92 Å². The van der Waals surface area contributed by atoms with Crippen molar-refractivity contribution in [3.63, 3.8) is 0 Å². The highest BCUT2D eigenvalue weighted by Gasteiger charge is 2.35. The molecule has 1 saturated heterocycles. The van der Waals surface area contributed by atoms with E-state index in [0.717, 1.165) is 50.5 Å². The molecule has 2 aromatic rings. The fraction of sp³-hybridized carbons (Fsp3) is 0.364. The summed E-state index contributed by atoms with van der Waals surface area (Å²) in [5.41, 5.74) is 3.66. The van der Waals surface area contributed by atoms with Gasteiger partial charge in [-0.1, -0.05) is 42.0 Å². The monoisotopic (exact) mass is 435 g/mol. The molecule has 0 bridgehead atoms. The van der Waals surface area contributed by atoms with E-state index in [2.05, 4.69) is 34.1 Å². The molecule has 0 aromatic heterocycles. The lowest BCUT2D eigenvalue weighted by molar-refractivity contribution is -0.114. The molecule has 0 radical (unpaired) electrons. The molecule has 1 amide bonds. The highest BCUT2D eigenvalue weighted by Crippen LogP contribution is 2.29. The maximum Gasteiger partial charge on any atom is 0.299 e. The fourth-order valence-electron chi connectivity index (χ4n) is 3.89. The van der Waals surface area contributed by atoms with Crippen molar-refractivity contribution < 1.29 is 9.59 Å². The van der Waals surface area contributed by atoms with Crippen LogP contribution in [0.2, 0.25) is 0 Å². The number of ketones is 1. The summed E-state index contributed by atoms with van der Waals surface area (Å²) in [6.45, 7) is 8.32. The summed E-state index contributed by atoms with van der Waals surface area (Å²) in [4.78, 5) is 31.1. The van der Waals surface area contributed by atoms with Gasteiger partial charge in [-0.15, -0.1) is 24.8 Å². The minimum absolute atomic E-state index is 0. The lowest BCUT2D eigenvalue weighted by Gasteiger charge is -2.35. The smallest absolute Gasteiger partial charge is 0.299 e. The van der Waals surface area contributed by atoms with Crippen molar-refractivity contribution in [3.05, 3.63) is 65.2 Å². The third kappa shape index (κ3) is 5.17. The van der Waals surface area contributed by atoms with Gasteiger partial charge in [-0.25, -0.2) is 0 Å². The van der Waals surface area contributed by atoms with Gasteiger partial charge in [-0.05, 0) is 24.6 Å². The molecular formula is C22H27Cl2N3O2. The molecule has 4 rings (SSSR count). The Bertz CT molecular complexity index is 852. The summed E-state index contributed by atoms with van der Waals surface area (Å²) in [6, 6.07) is 16.2. The molecule has 0 aliphatic carbocycles. The molecule has 0 saturated carbocycles. The highest BCUT2D eigenvalue weighted by molar-refractivity contribution is 6.52. The quantitative estimate of drug-likeness (QED) is 0.676. The van der Waals surface area contributed by atoms with E-state index in [1.807, 2.05) is 31.2 Å². The van der Waals surface area contributed by atoms with Gasteiger partial charge in [0.25, 0.3) is 11.7 Å². The fourth-order valence-corrected chi connectivity index (χ4v) is 3.89. The van der Waals surface area contributed by atoms with Crippen molar-refractivity contribution in [3.8, 4) is 0 Å². The molecule has 2 heterocycles. The van der Waals surface area contributed by atoms with Gasteiger partial charge < -0.3 is 4.90 Å². The van der Waals surface area contributed by atoms with Crippen molar-refractivity contribution in [1.82, 2.24) is 9.80 Å². The number of amides is 1. The molecule has 0 spiro atoms. The lowest BCUT2D eigenvalue weighted by atomic mass is 10.1. The first-order valence-electron chi connectivity index (χ1n) is 9.57. The van der Waals surface area contributed by atoms with Crippen LogP contribution in [0.5, 0.6) is 0 Å². The summed E-state index contributed by atoms with van der Waals surface area (Å²) in [5.74, 6) is -0.764. The third-order valence-corrected chi connectivity index (χ3v) is 5.48. The van der Waals surface area contributed by atoms with Crippen LogP contribution in [0.1, 0.15) is 21.5 Å². The van der Waals surface area contributed by atoms with Crippen molar-refractivity contribution in [1.29, 1.82) is 0 Å². The molecule has 0 atom stereocenters. The van der Waals surface area contributed by atoms with Crippen LogP contribution in [0.3, 0.4) is 0 Å². The van der Waals surface area contributed by atoms with Crippen LogP contribution in [0.4, 0.5) is 5.69 Å². The molecular weight excluding hydrogens is 409 g/mol. The number of benzene rings is 2. The van der Waals surface area contributed by atoms with Crippen LogP contribution in [0.25, 0.3) is 0 Å². The van der Waals surface area contributed by atoms with Gasteiger partial charge in [0.1, 0.15) is 0 Å². The second-order valence-electron chi connectivity index (χ2n) is 7.41. The van der Waals surface area contributed by atoms with E-state index >= 15 is 0 Å². The van der Waals surface area contributed by atoms with E-state index in [4.69, 9.17) is 0 Å². The minimum Gasteiger partial charge on any atom is -0.303 e. The maximum absolute atomic E-state index is 12.4. The predicted octanol–water partition coefficient (Wildman–Crippen LogP) is 3.19. The van der Waals surface area contributed by atoms with E-state index in [1.54, 1.807) is 4.90 Å². The molecule has 0 unspecified atom stereocenters. The Morgan fingerprint density at radius 3 is 2.17 bits per heavy atom. The molecule has 2 aromatic carbocycles. The first-order chi connectivity index (χ1) is 13.1. The number of carbonyl (C=O) groups is 2. The van der Waals surface area contributed by atoms with Gasteiger partial charge >= 0.3 is 0 Å². The molecule has 5 nitrogen and oxygen atoms in total. The number of nitrogens with zero attached hydrogens (tertiary/aromatic N) is 3. The van der Waals surface area contributed by atoms with Gasteiger partial charge in [0.15, 0.2) is 0 Å². The molecule has 156 valence electrons. The zero-order chi connectivity index (χ0) is 18.8. The summed E-state index contributed by atoms with van der Waals surface area (Å²) < 4.78 is 0. The number of aryl methyl sites for hydroxylation is 1. The van der Waals surface area contributed by atoms with Crippen molar-refractivity contribution in [2.45, 2.75) is 13.5 Å². The Labute approximate surface area is 184 Å². The molecule has 2 aliphatic heterocycles. The van der Waals surface area contributed by atoms with E-state index < -0.39 is 5.91 Å². The number of anilines is 1. The first kappa shape index (κ1) is 23.4. The number of rotatable bonds is 5. The number of fused-ring (bicyclic) bond motifs is 1. The number of hydrogen-bond donors (Lipinski definition) is 0. The van der Waals surface area contributed by atoms with Crippen LogP contribution in [-0.4, -0.2) is 60.8 Å². The minimum atomic E-state index is -0.390. The second-order valence-corrected chi connectivity index (χ2v) is 7.41. The van der Waals surface area contributed by atoms with Crippen LogP contribution in [0.15, 0.2) is 48.5 Å². The zero-order valence-electron chi connectivity index (χ0n) is 16.5. The van der Waals surface area contributed by atoms with E-state index in [9.17, 15) is 9.59 Å². The summed E-state index contributed by atoms with van der Waals surface area (Å²) in [6.07, 6.45) is 0. The Balaban J connectivity index is 0.00000150. The van der Waals surface area contributed by atoms with Crippen molar-refractivity contribution >= 4 is 42.2 Å². The standard InChI is InChI=1S/C22H25N3O2.2ClH/c1-17-7-8-20-19(15-17)21(26)22(27)25(20)14-13-23-9-11-24(12-10-23)16-18-5-3-2-4-6-18;;/h2-8,15H,9-14,16H2,1H3;2*1H. The largest absolute Gasteiger partial charge is 0.303 e. The molecule has 1 fully saturated rings. The first-order valence-corrected chi connectivity index (χ1v) is 9.57. The number of carbonyl (C=O) groups excluding carboxylic acids is 2. The summed E-state index contributed by atoms with van der Waals surface area (Å²) in [5, 5.41) is 0. The number of piperazine rings is 1. The second kappa shape index (κ2) is 10.2. The van der Waals surface area contributed by atoms with Gasteiger partial charge in [-0.3, -0.25) is 19.4 Å². The zero-order valence-corrected chi connectivity index (χ0v) is 18.2. The average Bonchev–Trinajstić information content (AvgIpc) is 2.92. The van der Waals surface area contributed by atoms with Gasteiger partial charge in [0.2, 0.25) is 0 Å². The van der Waals surface area contributed by atoms with Crippen LogP contribution < -0.4 is 4.90 Å². The van der Waals surface area contributed by atoms with Crippen molar-refractivity contribution in [2.24, 2.45) is 0 Å². The van der Waals surface area contributed by atoms with E-state index in [0.29, 0.717) is 12.1 Å². The number of halogens is 2. The van der Waals surface area contributed by atoms with Gasteiger partial charge in [-0.2, -0.15) is 0 Å². The van der Waals surface area contributed by atoms with Crippen molar-refractivity contribution in [2.75, 3.05) is 44.2 Å². The Morgan fingerprint density at radius 2 is 1.48 bits per heavy atom. The third-order valence-electron chi connectivity index (χ3n) is 5.48. The molecule has 29 heavy (non-hydrogen) atoms. The average molecular weight is 436 g/mol. The van der Waals surface area contributed by atoms with Gasteiger partial charge in [0, 0.05) is 45.8 Å². The van der Waals surface area contributed by atoms with Crippen LogP contribution >= 0.6 is 24.8 Å². The lowest BCUT2D eigenvalue weighted by Crippen LogP contribution is -2.48. The highest BCUT2D eigenvalue weighted by atomic mass is 35.5. The number of Topliss-reactive ketones (excluding diaryl/α,β-unsaturated/α-hetero) is 1. The topological polar surface area (TPSA) is 43.9 Å². The SMILES string of the molecule is Cc1ccc2c(c1)C(=O)C(=O)N2CCN1CCN(Cc2ccccc2)CC1.Cl.Cl. The van der Waals surface area contributed by atoms with E-state index in [-0.39, 0.29) is 30.6 Å². The summed E-state index contributed by atoms with van der Waals surface area (Å²) in [7, 11) is 0. The number of hydrogen-bond acceptors (Lipinski definition) is 4. The van der Waals surface area contributed by atoms with E-state index in [1.165, 1.54) is 5.56 Å². The molecule has 0 N–H and O–H groups in total. The molecule has 7 heteroatoms. The Hall–Kier alpha value is -1.92. The summed E-state index contributed by atoms with van der Waals surface area (Å²) >= 11 is 0. The predicted molar refractivity (Wildman–Crippen MR) is 121 cm³/mol. The molecule has 2 aliphatic rings. The van der Waals surface area contributed by atoms with Gasteiger partial charge in [0.05, 0.1) is 11.3 Å². The Kier molecular flexibility index (Phi) is 8.23. The van der Waals surface area contributed by atoms with Crippen LogP contribution in [-0.2, 0) is 11.3 Å².